The zero-order chi connectivity index (χ0) is 21.1. The maximum Gasteiger partial charge on any atom is 0.433 e. The van der Waals surface area contributed by atoms with Gasteiger partial charge in [0.2, 0.25) is 10.0 Å². The fraction of sp³-hybridized carbons (Fsp3) is 0.421. The summed E-state index contributed by atoms with van der Waals surface area (Å²) in [6.07, 6.45) is -1.60. The number of alkyl halides is 3. The molecule has 1 aromatic heterocycles. The highest BCUT2D eigenvalue weighted by atomic mass is 32.2. The second-order valence-electron chi connectivity index (χ2n) is 6.89. The van der Waals surface area contributed by atoms with Crippen LogP contribution < -0.4 is 9.46 Å². The largest absolute Gasteiger partial charge is 0.493 e. The lowest BCUT2D eigenvalue weighted by atomic mass is 9.98. The quantitative estimate of drug-likeness (QED) is 0.762. The number of hydrogen-bond acceptors (Lipinski definition) is 5. The third-order valence-electron chi connectivity index (χ3n) is 4.55. The summed E-state index contributed by atoms with van der Waals surface area (Å²) in [6.45, 7) is 1.15. The van der Waals surface area contributed by atoms with Gasteiger partial charge in [0.1, 0.15) is 11.4 Å². The zero-order valence-electron chi connectivity index (χ0n) is 15.6. The van der Waals surface area contributed by atoms with E-state index in [0.29, 0.717) is 36.5 Å². The Bertz CT molecular complexity index is 916. The molecule has 0 bridgehead atoms. The Labute approximate surface area is 167 Å². The lowest BCUT2D eigenvalue weighted by Crippen LogP contribution is -2.47. The fourth-order valence-corrected chi connectivity index (χ4v) is 3.93. The number of sulfonamides is 1. The molecule has 2 heterocycles. The number of benzene rings is 1. The van der Waals surface area contributed by atoms with E-state index < -0.39 is 21.9 Å². The summed E-state index contributed by atoms with van der Waals surface area (Å²) in [7, 11) is -3.33. The molecule has 0 unspecified atom stereocenters. The van der Waals surface area contributed by atoms with Crippen molar-refractivity contribution in [3.8, 4) is 16.9 Å². The van der Waals surface area contributed by atoms with Crippen molar-refractivity contribution < 1.29 is 31.1 Å². The highest BCUT2D eigenvalue weighted by Gasteiger charge is 2.32. The fourth-order valence-electron chi connectivity index (χ4n) is 3.07. The van der Waals surface area contributed by atoms with E-state index >= 15 is 0 Å². The van der Waals surface area contributed by atoms with Gasteiger partial charge in [-0.05, 0) is 30.2 Å². The summed E-state index contributed by atoms with van der Waals surface area (Å²) in [5.41, 5.74) is 0.326. The summed E-state index contributed by atoms with van der Waals surface area (Å²) in [5.74, 6) is 0.439. The van der Waals surface area contributed by atoms with E-state index in [2.05, 4.69) is 9.71 Å². The van der Waals surface area contributed by atoms with Gasteiger partial charge in [-0.3, -0.25) is 4.98 Å². The van der Waals surface area contributed by atoms with Crippen molar-refractivity contribution in [3.05, 3.63) is 48.3 Å². The van der Waals surface area contributed by atoms with Gasteiger partial charge in [0.25, 0.3) is 0 Å². The van der Waals surface area contributed by atoms with Crippen LogP contribution in [0.1, 0.15) is 12.1 Å². The first kappa shape index (κ1) is 21.5. The number of pyridine rings is 1. The van der Waals surface area contributed by atoms with E-state index in [0.717, 1.165) is 12.3 Å². The van der Waals surface area contributed by atoms with Crippen molar-refractivity contribution in [1.29, 1.82) is 0 Å². The molecule has 1 N–H and O–H groups in total. The lowest BCUT2D eigenvalue weighted by Gasteiger charge is -2.31. The standard InChI is InChI=1S/C19H21F3N2O4S/c1-29(25,26)24-17-8-9-27-11-15(17)12-28-16-5-2-13(3-6-16)14-4-7-18(23-10-14)19(20,21)22/h2-7,10,15,17,24H,8-9,11-12H2,1H3/t15-,17+/m1/s1. The number of halogens is 3. The minimum Gasteiger partial charge on any atom is -0.493 e. The van der Waals surface area contributed by atoms with Gasteiger partial charge in [0.15, 0.2) is 0 Å². The van der Waals surface area contributed by atoms with Gasteiger partial charge in [0.05, 0.1) is 19.5 Å². The average Bonchev–Trinajstić information content (AvgIpc) is 2.66. The molecule has 3 rings (SSSR count). The van der Waals surface area contributed by atoms with Gasteiger partial charge >= 0.3 is 6.18 Å². The van der Waals surface area contributed by atoms with Crippen LogP contribution in [0.4, 0.5) is 13.2 Å². The minimum atomic E-state index is -4.47. The highest BCUT2D eigenvalue weighted by molar-refractivity contribution is 7.88. The number of ether oxygens (including phenoxy) is 2. The molecule has 1 aliphatic rings. The van der Waals surface area contributed by atoms with Crippen LogP contribution in [-0.4, -0.2) is 45.5 Å². The number of rotatable bonds is 6. The average molecular weight is 430 g/mol. The molecule has 10 heteroatoms. The van der Waals surface area contributed by atoms with Gasteiger partial charge in [-0.15, -0.1) is 0 Å². The van der Waals surface area contributed by atoms with E-state index in [1.807, 2.05) is 0 Å². The second-order valence-corrected chi connectivity index (χ2v) is 8.67. The van der Waals surface area contributed by atoms with E-state index in [-0.39, 0.29) is 18.6 Å². The van der Waals surface area contributed by atoms with Crippen LogP contribution in [0.15, 0.2) is 42.6 Å². The predicted octanol–water partition coefficient (Wildman–Crippen LogP) is 3.10. The molecular weight excluding hydrogens is 409 g/mol. The molecule has 2 atom stereocenters. The molecule has 1 saturated heterocycles. The lowest BCUT2D eigenvalue weighted by molar-refractivity contribution is -0.141. The van der Waals surface area contributed by atoms with E-state index in [1.165, 1.54) is 12.3 Å². The zero-order valence-corrected chi connectivity index (χ0v) is 16.5. The van der Waals surface area contributed by atoms with Crippen LogP contribution in [0.25, 0.3) is 11.1 Å². The van der Waals surface area contributed by atoms with Gasteiger partial charge in [-0.2, -0.15) is 13.2 Å². The Hall–Kier alpha value is -2.17. The Kier molecular flexibility index (Phi) is 6.45. The molecule has 0 amide bonds. The molecule has 0 saturated carbocycles. The first-order valence-corrected chi connectivity index (χ1v) is 10.8. The van der Waals surface area contributed by atoms with Gasteiger partial charge in [-0.1, -0.05) is 18.2 Å². The summed E-state index contributed by atoms with van der Waals surface area (Å²) in [4.78, 5) is 3.46. The monoisotopic (exact) mass is 430 g/mol. The van der Waals surface area contributed by atoms with Crippen LogP contribution in [-0.2, 0) is 20.9 Å². The summed E-state index contributed by atoms with van der Waals surface area (Å²) in [5, 5.41) is 0. The Morgan fingerprint density at radius 2 is 1.86 bits per heavy atom. The second kappa shape index (κ2) is 8.68. The van der Waals surface area contributed by atoms with Crippen LogP contribution in [0, 0.1) is 5.92 Å². The van der Waals surface area contributed by atoms with E-state index in [9.17, 15) is 21.6 Å². The molecule has 1 fully saturated rings. The van der Waals surface area contributed by atoms with Crippen molar-refractivity contribution in [3.63, 3.8) is 0 Å². The number of aromatic nitrogens is 1. The predicted molar refractivity (Wildman–Crippen MR) is 101 cm³/mol. The maximum atomic E-state index is 12.6. The number of nitrogens with zero attached hydrogens (tertiary/aromatic N) is 1. The molecule has 1 aromatic carbocycles. The third-order valence-corrected chi connectivity index (χ3v) is 5.28. The van der Waals surface area contributed by atoms with Gasteiger partial charge in [0, 0.05) is 30.3 Å². The van der Waals surface area contributed by atoms with Crippen molar-refractivity contribution in [2.24, 2.45) is 5.92 Å². The van der Waals surface area contributed by atoms with Crippen LogP contribution in [0.3, 0.4) is 0 Å². The molecular formula is C19H21F3N2O4S. The summed E-state index contributed by atoms with van der Waals surface area (Å²) in [6, 6.07) is 8.92. The van der Waals surface area contributed by atoms with Crippen LogP contribution in [0.5, 0.6) is 5.75 Å². The molecule has 158 valence electrons. The minimum absolute atomic E-state index is 0.128. The Morgan fingerprint density at radius 3 is 2.45 bits per heavy atom. The molecule has 2 aromatic rings. The van der Waals surface area contributed by atoms with Crippen LogP contribution >= 0.6 is 0 Å². The molecule has 29 heavy (non-hydrogen) atoms. The van der Waals surface area contributed by atoms with Gasteiger partial charge < -0.3 is 9.47 Å². The molecule has 6 nitrogen and oxygen atoms in total. The topological polar surface area (TPSA) is 77.5 Å². The van der Waals surface area contributed by atoms with E-state index in [1.54, 1.807) is 24.3 Å². The molecule has 0 aliphatic carbocycles. The smallest absolute Gasteiger partial charge is 0.433 e. The van der Waals surface area contributed by atoms with Crippen molar-refractivity contribution in [2.75, 3.05) is 26.1 Å². The first-order valence-electron chi connectivity index (χ1n) is 8.93. The summed E-state index contributed by atoms with van der Waals surface area (Å²) >= 11 is 0. The Balaban J connectivity index is 1.61. The molecule has 1 aliphatic heterocycles. The third kappa shape index (κ3) is 6.15. The molecule has 0 spiro atoms. The highest BCUT2D eigenvalue weighted by Crippen LogP contribution is 2.29. The van der Waals surface area contributed by atoms with Crippen molar-refractivity contribution >= 4 is 10.0 Å². The maximum absolute atomic E-state index is 12.6. The van der Waals surface area contributed by atoms with E-state index in [4.69, 9.17) is 9.47 Å². The molecule has 0 radical (unpaired) electrons. The number of nitrogens with one attached hydrogen (secondary N) is 1. The van der Waals surface area contributed by atoms with Crippen molar-refractivity contribution in [2.45, 2.75) is 18.6 Å². The normalized spacial score (nSPS) is 20.4. The van der Waals surface area contributed by atoms with Crippen LogP contribution in [0.2, 0.25) is 0 Å². The van der Waals surface area contributed by atoms with Crippen molar-refractivity contribution in [1.82, 2.24) is 9.71 Å². The first-order chi connectivity index (χ1) is 13.6. The number of hydrogen-bond donors (Lipinski definition) is 1. The SMILES string of the molecule is CS(=O)(=O)N[C@H]1CCOC[C@@H]1COc1ccc(-c2ccc(C(F)(F)F)nc2)cc1. The summed E-state index contributed by atoms with van der Waals surface area (Å²) < 4.78 is 74.6. The Morgan fingerprint density at radius 1 is 1.17 bits per heavy atom. The van der Waals surface area contributed by atoms with Gasteiger partial charge in [-0.25, -0.2) is 13.1 Å².